The van der Waals surface area contributed by atoms with Gasteiger partial charge in [-0.1, -0.05) is 0 Å². The number of H-pyrrole nitrogens is 1. The van der Waals surface area contributed by atoms with E-state index in [0.29, 0.717) is 16.5 Å². The number of nitrogens with two attached hydrogens (primary N) is 1. The fraction of sp³-hybridized carbons (Fsp3) is 0.0625. The molecule has 0 aliphatic carbocycles. The number of esters is 1. The maximum absolute atomic E-state index is 12.2. The van der Waals surface area contributed by atoms with Crippen LogP contribution in [0.5, 0.6) is 0 Å². The number of aromatic nitrogens is 2. The molecule has 0 saturated carbocycles. The molecule has 0 amide bonds. The molecule has 9 heteroatoms. The number of nitrogens with zero attached hydrogens (tertiary/aromatic N) is 1. The Morgan fingerprint density at radius 3 is 2.44 bits per heavy atom. The van der Waals surface area contributed by atoms with Gasteiger partial charge < -0.3 is 9.72 Å². The van der Waals surface area contributed by atoms with Gasteiger partial charge in [-0.05, 0) is 42.5 Å². The molecule has 128 valence electrons. The second-order valence-electron chi connectivity index (χ2n) is 5.21. The molecule has 0 radical (unpaired) electrons. The highest BCUT2D eigenvalue weighted by molar-refractivity contribution is 7.89. The van der Waals surface area contributed by atoms with Gasteiger partial charge in [0.1, 0.15) is 5.82 Å². The second-order valence-corrected chi connectivity index (χ2v) is 6.77. The predicted octanol–water partition coefficient (Wildman–Crippen LogP) is 1.02. The zero-order valence-corrected chi connectivity index (χ0v) is 13.8. The summed E-state index contributed by atoms with van der Waals surface area (Å²) in [5.41, 5.74) is 0.697. The SMILES string of the molecule is COC(=O)c1ccc2c(=O)[nH]c(-c3ccc(S(N)(=O)=O)cc3)nc2c1. The molecule has 2 aromatic carbocycles. The van der Waals surface area contributed by atoms with Crippen molar-refractivity contribution in [3.63, 3.8) is 0 Å². The number of primary sulfonamides is 1. The maximum Gasteiger partial charge on any atom is 0.337 e. The first-order valence-corrected chi connectivity index (χ1v) is 8.60. The Morgan fingerprint density at radius 1 is 1.16 bits per heavy atom. The molecule has 0 atom stereocenters. The van der Waals surface area contributed by atoms with Crippen LogP contribution in [0.2, 0.25) is 0 Å². The van der Waals surface area contributed by atoms with E-state index in [2.05, 4.69) is 14.7 Å². The number of ether oxygens (including phenoxy) is 1. The van der Waals surface area contributed by atoms with Crippen molar-refractivity contribution in [3.05, 3.63) is 58.4 Å². The van der Waals surface area contributed by atoms with Gasteiger partial charge in [0.2, 0.25) is 10.0 Å². The summed E-state index contributed by atoms with van der Waals surface area (Å²) in [4.78, 5) is 30.8. The van der Waals surface area contributed by atoms with E-state index < -0.39 is 16.0 Å². The van der Waals surface area contributed by atoms with Crippen molar-refractivity contribution in [2.75, 3.05) is 7.11 Å². The highest BCUT2D eigenvalue weighted by Gasteiger charge is 2.12. The highest BCUT2D eigenvalue weighted by atomic mass is 32.2. The van der Waals surface area contributed by atoms with E-state index in [-0.39, 0.29) is 21.8 Å². The van der Waals surface area contributed by atoms with Crippen molar-refractivity contribution in [1.82, 2.24) is 9.97 Å². The molecule has 0 fully saturated rings. The molecule has 3 rings (SSSR count). The molecule has 1 heterocycles. The molecule has 3 N–H and O–H groups in total. The van der Waals surface area contributed by atoms with E-state index in [4.69, 9.17) is 5.14 Å². The summed E-state index contributed by atoms with van der Waals surface area (Å²) in [5.74, 6) is -0.302. The minimum absolute atomic E-state index is 0.0487. The number of sulfonamides is 1. The fourth-order valence-electron chi connectivity index (χ4n) is 2.32. The number of aromatic amines is 1. The first-order chi connectivity index (χ1) is 11.8. The van der Waals surface area contributed by atoms with Gasteiger partial charge in [0, 0.05) is 5.56 Å². The monoisotopic (exact) mass is 359 g/mol. The van der Waals surface area contributed by atoms with Crippen LogP contribution in [-0.4, -0.2) is 31.5 Å². The van der Waals surface area contributed by atoms with E-state index in [1.54, 1.807) is 0 Å². The smallest absolute Gasteiger partial charge is 0.337 e. The lowest BCUT2D eigenvalue weighted by atomic mass is 10.1. The molecule has 0 aliphatic heterocycles. The normalized spacial score (nSPS) is 11.4. The highest BCUT2D eigenvalue weighted by Crippen LogP contribution is 2.19. The van der Waals surface area contributed by atoms with Crippen LogP contribution in [0.15, 0.2) is 52.2 Å². The predicted molar refractivity (Wildman–Crippen MR) is 90.5 cm³/mol. The van der Waals surface area contributed by atoms with Gasteiger partial charge in [0.15, 0.2) is 0 Å². The lowest BCUT2D eigenvalue weighted by Crippen LogP contribution is -2.12. The number of rotatable bonds is 3. The van der Waals surface area contributed by atoms with Crippen LogP contribution in [-0.2, 0) is 14.8 Å². The molecule has 0 aliphatic rings. The summed E-state index contributed by atoms with van der Waals surface area (Å²) in [6.07, 6.45) is 0. The zero-order chi connectivity index (χ0) is 18.2. The number of hydrogen-bond acceptors (Lipinski definition) is 6. The summed E-state index contributed by atoms with van der Waals surface area (Å²) in [5, 5.41) is 5.37. The molecule has 1 aromatic heterocycles. The van der Waals surface area contributed by atoms with Gasteiger partial charge >= 0.3 is 5.97 Å². The van der Waals surface area contributed by atoms with E-state index >= 15 is 0 Å². The van der Waals surface area contributed by atoms with Crippen molar-refractivity contribution in [2.45, 2.75) is 4.90 Å². The van der Waals surface area contributed by atoms with E-state index in [1.165, 1.54) is 49.6 Å². The van der Waals surface area contributed by atoms with Crippen LogP contribution in [0.3, 0.4) is 0 Å². The van der Waals surface area contributed by atoms with Gasteiger partial charge in [-0.3, -0.25) is 4.79 Å². The minimum Gasteiger partial charge on any atom is -0.465 e. The third-order valence-corrected chi connectivity index (χ3v) is 4.51. The largest absolute Gasteiger partial charge is 0.465 e. The third-order valence-electron chi connectivity index (χ3n) is 3.58. The molecule has 0 bridgehead atoms. The third kappa shape index (κ3) is 3.28. The van der Waals surface area contributed by atoms with Crippen LogP contribution in [0, 0.1) is 0 Å². The summed E-state index contributed by atoms with van der Waals surface area (Å²) in [7, 11) is -2.55. The molecule has 8 nitrogen and oxygen atoms in total. The zero-order valence-electron chi connectivity index (χ0n) is 13.0. The molecule has 25 heavy (non-hydrogen) atoms. The molecule has 0 spiro atoms. The second kappa shape index (κ2) is 6.11. The van der Waals surface area contributed by atoms with Crippen LogP contribution in [0.1, 0.15) is 10.4 Å². The molecule has 3 aromatic rings. The lowest BCUT2D eigenvalue weighted by Gasteiger charge is -2.05. The quantitative estimate of drug-likeness (QED) is 0.671. The van der Waals surface area contributed by atoms with Crippen LogP contribution in [0.4, 0.5) is 0 Å². The van der Waals surface area contributed by atoms with Crippen LogP contribution in [0.25, 0.3) is 22.3 Å². The van der Waals surface area contributed by atoms with Gasteiger partial charge in [0.05, 0.1) is 28.5 Å². The van der Waals surface area contributed by atoms with Gasteiger partial charge in [-0.25, -0.2) is 23.3 Å². The Labute approximate surface area is 142 Å². The summed E-state index contributed by atoms with van der Waals surface area (Å²) < 4.78 is 27.3. The number of carbonyl (C=O) groups is 1. The molecular formula is C16H13N3O5S. The number of benzene rings is 2. The first-order valence-electron chi connectivity index (χ1n) is 7.05. The topological polar surface area (TPSA) is 132 Å². The summed E-state index contributed by atoms with van der Waals surface area (Å²) in [6.45, 7) is 0. The van der Waals surface area contributed by atoms with Crippen LogP contribution < -0.4 is 10.7 Å². The van der Waals surface area contributed by atoms with Gasteiger partial charge in [-0.2, -0.15) is 0 Å². The molecule has 0 saturated heterocycles. The first kappa shape index (κ1) is 16.8. The van der Waals surface area contributed by atoms with Crippen molar-refractivity contribution in [1.29, 1.82) is 0 Å². The lowest BCUT2D eigenvalue weighted by molar-refractivity contribution is 0.0601. The Balaban J connectivity index is 2.13. The van der Waals surface area contributed by atoms with Gasteiger partial charge in [0.25, 0.3) is 5.56 Å². The van der Waals surface area contributed by atoms with Crippen molar-refractivity contribution < 1.29 is 17.9 Å². The minimum atomic E-state index is -3.81. The average molecular weight is 359 g/mol. The molecular weight excluding hydrogens is 346 g/mol. The van der Waals surface area contributed by atoms with Crippen LogP contribution >= 0.6 is 0 Å². The summed E-state index contributed by atoms with van der Waals surface area (Å²) >= 11 is 0. The molecule has 0 unspecified atom stereocenters. The maximum atomic E-state index is 12.2. The van der Waals surface area contributed by atoms with E-state index in [1.807, 2.05) is 0 Å². The van der Waals surface area contributed by atoms with Crippen molar-refractivity contribution in [3.8, 4) is 11.4 Å². The van der Waals surface area contributed by atoms with E-state index in [9.17, 15) is 18.0 Å². The number of nitrogens with one attached hydrogen (secondary N) is 1. The van der Waals surface area contributed by atoms with Gasteiger partial charge in [-0.15, -0.1) is 0 Å². The fourth-order valence-corrected chi connectivity index (χ4v) is 2.84. The average Bonchev–Trinajstić information content (AvgIpc) is 2.59. The Hall–Kier alpha value is -3.04. The number of methoxy groups -OCH3 is 1. The Kier molecular flexibility index (Phi) is 4.11. The number of fused-ring (bicyclic) bond motifs is 1. The van der Waals surface area contributed by atoms with Crippen molar-refractivity contribution in [2.24, 2.45) is 5.14 Å². The Morgan fingerprint density at radius 2 is 1.84 bits per heavy atom. The Bertz CT molecular complexity index is 1130. The standard InChI is InChI=1S/C16H13N3O5S/c1-24-16(21)10-4-7-12-13(8-10)18-14(19-15(12)20)9-2-5-11(6-3-9)25(17,22)23/h2-8H,1H3,(H2,17,22,23)(H,18,19,20). The van der Waals surface area contributed by atoms with E-state index in [0.717, 1.165) is 0 Å². The van der Waals surface area contributed by atoms with Crippen molar-refractivity contribution >= 4 is 26.9 Å². The number of carbonyl (C=O) groups excluding carboxylic acids is 1. The summed E-state index contributed by atoms with van der Waals surface area (Å²) in [6, 6.07) is 10.0. The number of hydrogen-bond donors (Lipinski definition) is 2.